The topological polar surface area (TPSA) is 45.2 Å². The Kier molecular flexibility index (Phi) is 4.41. The Hall–Kier alpha value is -3.37. The van der Waals surface area contributed by atoms with E-state index in [1.165, 1.54) is 0 Å². The molecule has 29 heavy (non-hydrogen) atoms. The lowest BCUT2D eigenvalue weighted by Gasteiger charge is -2.38. The molecule has 4 aromatic rings. The molecule has 0 saturated carbocycles. The zero-order chi connectivity index (χ0) is 19.8. The van der Waals surface area contributed by atoms with Crippen LogP contribution in [0, 0.1) is 0 Å². The van der Waals surface area contributed by atoms with Crippen LogP contribution in [0.15, 0.2) is 84.9 Å². The Morgan fingerprint density at radius 2 is 1.66 bits per heavy atom. The van der Waals surface area contributed by atoms with Gasteiger partial charge in [-0.1, -0.05) is 72.3 Å². The molecule has 3 aromatic carbocycles. The average Bonchev–Trinajstić information content (AvgIpc) is 2.76. The van der Waals surface area contributed by atoms with Crippen molar-refractivity contribution in [3.05, 3.63) is 107 Å². The summed E-state index contributed by atoms with van der Waals surface area (Å²) in [5.41, 5.74) is 4.13. The molecule has 0 saturated heterocycles. The Labute approximate surface area is 173 Å². The smallest absolute Gasteiger partial charge is 0.258 e. The number of hydrogen-bond donors (Lipinski definition) is 1. The van der Waals surface area contributed by atoms with Crippen molar-refractivity contribution in [2.45, 2.75) is 12.7 Å². The Bertz CT molecular complexity index is 1210. The monoisotopic (exact) mass is 399 g/mol. The maximum Gasteiger partial charge on any atom is 0.258 e. The minimum Gasteiger partial charge on any atom is -0.361 e. The van der Waals surface area contributed by atoms with Gasteiger partial charge in [-0.25, -0.2) is 4.98 Å². The number of halogens is 1. The van der Waals surface area contributed by atoms with E-state index in [1.807, 2.05) is 89.8 Å². The molecule has 1 N–H and O–H groups in total. The first-order valence-electron chi connectivity index (χ1n) is 9.46. The number of fused-ring (bicyclic) bond motifs is 2. The molecule has 0 bridgehead atoms. The second kappa shape index (κ2) is 7.22. The number of hydrogen-bond acceptors (Lipinski definition) is 3. The van der Waals surface area contributed by atoms with Crippen LogP contribution in [0.1, 0.15) is 27.7 Å². The molecule has 1 atom stereocenters. The molecule has 0 unspecified atom stereocenters. The van der Waals surface area contributed by atoms with E-state index in [-0.39, 0.29) is 5.91 Å². The van der Waals surface area contributed by atoms with Crippen molar-refractivity contribution in [2.24, 2.45) is 0 Å². The van der Waals surface area contributed by atoms with Gasteiger partial charge in [0.05, 0.1) is 11.1 Å². The van der Waals surface area contributed by atoms with Crippen LogP contribution in [-0.2, 0) is 6.54 Å². The van der Waals surface area contributed by atoms with Crippen molar-refractivity contribution < 1.29 is 4.79 Å². The number of carbonyl (C=O) groups excluding carboxylic acids is 1. The van der Waals surface area contributed by atoms with E-state index in [4.69, 9.17) is 11.6 Å². The number of para-hydroxylation sites is 2. The predicted octanol–water partition coefficient (Wildman–Crippen LogP) is 5.65. The molecule has 0 radical (unpaired) electrons. The Morgan fingerprint density at radius 3 is 2.52 bits per heavy atom. The molecule has 1 aliphatic rings. The summed E-state index contributed by atoms with van der Waals surface area (Å²) in [5, 5.41) is 4.88. The number of benzene rings is 3. The summed E-state index contributed by atoms with van der Waals surface area (Å²) in [6.45, 7) is 0.467. The van der Waals surface area contributed by atoms with E-state index < -0.39 is 6.17 Å². The second-order valence-corrected chi connectivity index (χ2v) is 7.43. The highest BCUT2D eigenvalue weighted by atomic mass is 35.5. The van der Waals surface area contributed by atoms with E-state index in [2.05, 4.69) is 10.3 Å². The number of amides is 1. The van der Waals surface area contributed by atoms with Crippen molar-refractivity contribution in [1.29, 1.82) is 0 Å². The van der Waals surface area contributed by atoms with Gasteiger partial charge in [-0.2, -0.15) is 0 Å². The summed E-state index contributed by atoms with van der Waals surface area (Å²) >= 11 is 6.59. The highest BCUT2D eigenvalue weighted by molar-refractivity contribution is 6.30. The van der Waals surface area contributed by atoms with Crippen LogP contribution in [0.4, 0.5) is 5.69 Å². The third-order valence-electron chi connectivity index (χ3n) is 5.22. The molecular formula is C24H18ClN3O. The minimum absolute atomic E-state index is 0.0302. The van der Waals surface area contributed by atoms with Gasteiger partial charge in [0.15, 0.2) is 0 Å². The fourth-order valence-corrected chi connectivity index (χ4v) is 4.03. The summed E-state index contributed by atoms with van der Waals surface area (Å²) in [4.78, 5) is 19.8. The van der Waals surface area contributed by atoms with Crippen LogP contribution in [-0.4, -0.2) is 15.8 Å². The number of carbonyl (C=O) groups is 1. The minimum atomic E-state index is -0.415. The molecule has 5 heteroatoms. The average molecular weight is 400 g/mol. The quantitative estimate of drug-likeness (QED) is 0.452. The van der Waals surface area contributed by atoms with Gasteiger partial charge in [-0.05, 0) is 29.8 Å². The summed E-state index contributed by atoms with van der Waals surface area (Å²) in [5.74, 6) is -0.0302. The summed E-state index contributed by atoms with van der Waals surface area (Å²) in [6, 6.07) is 27.4. The lowest BCUT2D eigenvalue weighted by Crippen LogP contribution is -2.42. The van der Waals surface area contributed by atoms with E-state index in [1.54, 1.807) is 0 Å². The van der Waals surface area contributed by atoms with Gasteiger partial charge >= 0.3 is 0 Å². The van der Waals surface area contributed by atoms with Gasteiger partial charge in [-0.3, -0.25) is 4.79 Å². The lowest BCUT2D eigenvalue weighted by molar-refractivity contribution is 0.0666. The zero-order valence-corrected chi connectivity index (χ0v) is 16.3. The van der Waals surface area contributed by atoms with Crippen LogP contribution in [0.2, 0.25) is 5.15 Å². The van der Waals surface area contributed by atoms with Gasteiger partial charge < -0.3 is 10.2 Å². The van der Waals surface area contributed by atoms with Crippen LogP contribution < -0.4 is 5.32 Å². The first kappa shape index (κ1) is 17.7. The molecule has 142 valence electrons. The maximum absolute atomic E-state index is 13.4. The number of pyridine rings is 1. The molecule has 1 aliphatic heterocycles. The van der Waals surface area contributed by atoms with E-state index in [0.717, 1.165) is 27.7 Å². The first-order chi connectivity index (χ1) is 14.2. The van der Waals surface area contributed by atoms with Crippen LogP contribution in [0.5, 0.6) is 0 Å². The van der Waals surface area contributed by atoms with Crippen molar-refractivity contribution in [2.75, 3.05) is 5.32 Å². The fraction of sp³-hybridized carbons (Fsp3) is 0.0833. The largest absolute Gasteiger partial charge is 0.361 e. The standard InChI is InChI=1S/C24H18ClN3O/c25-22-19(14-17-10-4-6-12-20(17)26-22)23-27-21-13-7-5-11-18(21)24(29)28(23)15-16-8-2-1-3-9-16/h1-14,23,27H,15H2/t23-/m0/s1. The number of nitrogens with one attached hydrogen (secondary N) is 1. The van der Waals surface area contributed by atoms with E-state index in [0.29, 0.717) is 17.3 Å². The van der Waals surface area contributed by atoms with Gasteiger partial charge in [-0.15, -0.1) is 0 Å². The van der Waals surface area contributed by atoms with Crippen LogP contribution >= 0.6 is 11.6 Å². The van der Waals surface area contributed by atoms with Crippen molar-refractivity contribution >= 4 is 34.1 Å². The molecular weight excluding hydrogens is 382 g/mol. The summed E-state index contributed by atoms with van der Waals surface area (Å²) in [7, 11) is 0. The van der Waals surface area contributed by atoms with Crippen LogP contribution in [0.25, 0.3) is 10.9 Å². The molecule has 0 fully saturated rings. The molecule has 1 aromatic heterocycles. The molecule has 0 spiro atoms. The molecule has 2 heterocycles. The zero-order valence-electron chi connectivity index (χ0n) is 15.5. The molecule has 5 rings (SSSR count). The lowest BCUT2D eigenvalue weighted by atomic mass is 10.0. The molecule has 4 nitrogen and oxygen atoms in total. The first-order valence-corrected chi connectivity index (χ1v) is 9.84. The van der Waals surface area contributed by atoms with Gasteiger partial charge in [0.2, 0.25) is 0 Å². The molecule has 1 amide bonds. The van der Waals surface area contributed by atoms with Crippen molar-refractivity contribution in [3.63, 3.8) is 0 Å². The normalized spacial score (nSPS) is 15.8. The SMILES string of the molecule is O=C1c2ccccc2N[C@H](c2cc3ccccc3nc2Cl)N1Cc1ccccc1. The summed E-state index contributed by atoms with van der Waals surface area (Å²) < 4.78 is 0. The van der Waals surface area contributed by atoms with E-state index in [9.17, 15) is 4.79 Å². The van der Waals surface area contributed by atoms with Gasteiger partial charge in [0.25, 0.3) is 5.91 Å². The number of anilines is 1. The van der Waals surface area contributed by atoms with Crippen molar-refractivity contribution in [3.8, 4) is 0 Å². The fourth-order valence-electron chi connectivity index (χ4n) is 3.78. The van der Waals surface area contributed by atoms with Crippen LogP contribution in [0.3, 0.4) is 0 Å². The highest BCUT2D eigenvalue weighted by Gasteiger charge is 2.34. The number of aromatic nitrogens is 1. The summed E-state index contributed by atoms with van der Waals surface area (Å²) in [6.07, 6.45) is -0.415. The number of rotatable bonds is 3. The van der Waals surface area contributed by atoms with Crippen molar-refractivity contribution in [1.82, 2.24) is 9.88 Å². The maximum atomic E-state index is 13.4. The third-order valence-corrected chi connectivity index (χ3v) is 5.52. The van der Waals surface area contributed by atoms with Gasteiger partial charge in [0.1, 0.15) is 11.3 Å². The van der Waals surface area contributed by atoms with E-state index >= 15 is 0 Å². The Morgan fingerprint density at radius 1 is 0.931 bits per heavy atom. The number of nitrogens with zero attached hydrogens (tertiary/aromatic N) is 2. The highest BCUT2D eigenvalue weighted by Crippen LogP contribution is 2.37. The van der Waals surface area contributed by atoms with Gasteiger partial charge in [0, 0.05) is 23.2 Å². The Balaban J connectivity index is 1.64. The third kappa shape index (κ3) is 3.22. The second-order valence-electron chi connectivity index (χ2n) is 7.07. The molecule has 0 aliphatic carbocycles. The predicted molar refractivity (Wildman–Crippen MR) is 116 cm³/mol.